The van der Waals surface area contributed by atoms with Crippen molar-refractivity contribution in [3.05, 3.63) is 0 Å². The molecule has 0 aromatic carbocycles. The maximum absolute atomic E-state index is 12.1. The Kier molecular flexibility index (Phi) is 5.91. The highest BCUT2D eigenvalue weighted by Gasteiger charge is 2.27. The number of nitrogens with zero attached hydrogens (tertiary/aromatic N) is 1. The Morgan fingerprint density at radius 3 is 2.52 bits per heavy atom. The number of amides is 1. The maximum Gasteiger partial charge on any atom is 0.410 e. The average molecular weight is 296 g/mol. The summed E-state index contributed by atoms with van der Waals surface area (Å²) in [5.74, 6) is 0.843. The first-order valence-corrected chi connectivity index (χ1v) is 8.65. The molecular formula is C17H32N2O2. The summed E-state index contributed by atoms with van der Waals surface area (Å²) < 4.78 is 5.48. The monoisotopic (exact) mass is 296 g/mol. The average Bonchev–Trinajstić information content (AvgIpc) is 2.45. The molecule has 0 bridgehead atoms. The van der Waals surface area contributed by atoms with Gasteiger partial charge in [0.1, 0.15) is 5.60 Å². The Hall–Kier alpha value is -0.770. The van der Waals surface area contributed by atoms with E-state index in [1.54, 1.807) is 0 Å². The summed E-state index contributed by atoms with van der Waals surface area (Å²) in [7, 11) is 0. The third-order valence-corrected chi connectivity index (χ3v) is 4.49. The first kappa shape index (κ1) is 16.6. The molecule has 0 unspecified atom stereocenters. The van der Waals surface area contributed by atoms with Crippen molar-refractivity contribution in [3.63, 3.8) is 0 Å². The molecule has 1 heterocycles. The fraction of sp³-hybridized carbons (Fsp3) is 0.941. The van der Waals surface area contributed by atoms with Gasteiger partial charge in [0.25, 0.3) is 0 Å². The molecule has 1 saturated heterocycles. The normalized spacial score (nSPS) is 24.9. The van der Waals surface area contributed by atoms with Crippen LogP contribution in [0, 0.1) is 5.92 Å². The van der Waals surface area contributed by atoms with E-state index >= 15 is 0 Å². The molecule has 2 fully saturated rings. The third-order valence-electron chi connectivity index (χ3n) is 4.49. The van der Waals surface area contributed by atoms with E-state index in [-0.39, 0.29) is 6.09 Å². The Morgan fingerprint density at radius 2 is 1.86 bits per heavy atom. The lowest BCUT2D eigenvalue weighted by Crippen LogP contribution is -2.50. The Bertz CT molecular complexity index is 332. The first-order chi connectivity index (χ1) is 9.94. The number of carbonyl (C=O) groups excluding carboxylic acids is 1. The Balaban J connectivity index is 1.73. The van der Waals surface area contributed by atoms with Crippen LogP contribution in [0.25, 0.3) is 0 Å². The van der Waals surface area contributed by atoms with Crippen LogP contribution in [0.5, 0.6) is 0 Å². The van der Waals surface area contributed by atoms with Gasteiger partial charge in [-0.2, -0.15) is 0 Å². The summed E-state index contributed by atoms with van der Waals surface area (Å²) in [6.45, 7) is 8.51. The second kappa shape index (κ2) is 7.48. The standard InChI is InChI=1S/C17H32N2O2/c1-17(2,3)21-16(20)19-11-7-10-15(13-19)18-12-14-8-5-4-6-9-14/h14-15,18H,4-13H2,1-3H3/t15-/m0/s1. The van der Waals surface area contributed by atoms with Gasteiger partial charge in [-0.15, -0.1) is 0 Å². The van der Waals surface area contributed by atoms with Crippen LogP contribution in [0.1, 0.15) is 65.7 Å². The number of piperidine rings is 1. The molecule has 1 N–H and O–H groups in total. The molecule has 1 aliphatic heterocycles. The molecule has 0 aromatic heterocycles. The molecule has 2 rings (SSSR count). The predicted molar refractivity (Wildman–Crippen MR) is 85.4 cm³/mol. The van der Waals surface area contributed by atoms with Gasteiger partial charge in [-0.3, -0.25) is 0 Å². The van der Waals surface area contributed by atoms with E-state index in [9.17, 15) is 4.79 Å². The van der Waals surface area contributed by atoms with Crippen molar-refractivity contribution in [1.82, 2.24) is 10.2 Å². The van der Waals surface area contributed by atoms with Crippen LogP contribution >= 0.6 is 0 Å². The van der Waals surface area contributed by atoms with Crippen LogP contribution in [0.3, 0.4) is 0 Å². The van der Waals surface area contributed by atoms with Crippen molar-refractivity contribution in [1.29, 1.82) is 0 Å². The van der Waals surface area contributed by atoms with Crippen molar-refractivity contribution in [2.75, 3.05) is 19.6 Å². The molecule has 1 amide bonds. The zero-order chi connectivity index (χ0) is 15.3. The lowest BCUT2D eigenvalue weighted by atomic mass is 9.89. The van der Waals surface area contributed by atoms with Gasteiger partial charge < -0.3 is 15.0 Å². The molecule has 122 valence electrons. The largest absolute Gasteiger partial charge is 0.444 e. The summed E-state index contributed by atoms with van der Waals surface area (Å²) in [5, 5.41) is 3.69. The Morgan fingerprint density at radius 1 is 1.14 bits per heavy atom. The van der Waals surface area contributed by atoms with Crippen molar-refractivity contribution < 1.29 is 9.53 Å². The molecule has 1 saturated carbocycles. The van der Waals surface area contributed by atoms with E-state index in [2.05, 4.69) is 5.32 Å². The van der Waals surface area contributed by atoms with Crippen molar-refractivity contribution in [2.24, 2.45) is 5.92 Å². The quantitative estimate of drug-likeness (QED) is 0.866. The number of hydrogen-bond donors (Lipinski definition) is 1. The summed E-state index contributed by atoms with van der Waals surface area (Å²) in [4.78, 5) is 14.0. The van der Waals surface area contributed by atoms with Crippen LogP contribution in [-0.4, -0.2) is 42.3 Å². The van der Waals surface area contributed by atoms with Crippen molar-refractivity contribution in [3.8, 4) is 0 Å². The van der Waals surface area contributed by atoms with Crippen LogP contribution in [0.2, 0.25) is 0 Å². The molecule has 4 heteroatoms. The number of nitrogens with one attached hydrogen (secondary N) is 1. The van der Waals surface area contributed by atoms with Crippen molar-refractivity contribution >= 4 is 6.09 Å². The highest BCUT2D eigenvalue weighted by Crippen LogP contribution is 2.23. The van der Waals surface area contributed by atoms with Gasteiger partial charge in [-0.25, -0.2) is 4.79 Å². The maximum atomic E-state index is 12.1. The SMILES string of the molecule is CC(C)(C)OC(=O)N1CCC[C@H](NCC2CCCCC2)C1. The fourth-order valence-electron chi connectivity index (χ4n) is 3.36. The molecular weight excluding hydrogens is 264 g/mol. The smallest absolute Gasteiger partial charge is 0.410 e. The topological polar surface area (TPSA) is 41.6 Å². The van der Waals surface area contributed by atoms with Crippen LogP contribution in [0.15, 0.2) is 0 Å². The second-order valence-electron chi connectivity index (χ2n) is 7.68. The summed E-state index contributed by atoms with van der Waals surface area (Å²) in [6, 6.07) is 0.438. The lowest BCUT2D eigenvalue weighted by molar-refractivity contribution is 0.0186. The molecule has 2 aliphatic rings. The highest BCUT2D eigenvalue weighted by molar-refractivity contribution is 5.68. The number of ether oxygens (including phenoxy) is 1. The van der Waals surface area contributed by atoms with Crippen LogP contribution in [0.4, 0.5) is 4.79 Å². The summed E-state index contributed by atoms with van der Waals surface area (Å²) in [6.07, 6.45) is 9.01. The van der Waals surface area contributed by atoms with E-state index in [0.29, 0.717) is 6.04 Å². The zero-order valence-corrected chi connectivity index (χ0v) is 14.0. The van der Waals surface area contributed by atoms with E-state index in [1.165, 1.54) is 38.5 Å². The minimum Gasteiger partial charge on any atom is -0.444 e. The van der Waals surface area contributed by atoms with Gasteiger partial charge in [-0.1, -0.05) is 19.3 Å². The van der Waals surface area contributed by atoms with Gasteiger partial charge in [0, 0.05) is 19.1 Å². The summed E-state index contributed by atoms with van der Waals surface area (Å²) >= 11 is 0. The van der Waals surface area contributed by atoms with E-state index in [4.69, 9.17) is 4.74 Å². The van der Waals surface area contributed by atoms with E-state index in [1.807, 2.05) is 25.7 Å². The first-order valence-electron chi connectivity index (χ1n) is 8.65. The predicted octanol–water partition coefficient (Wildman–Crippen LogP) is 3.56. The zero-order valence-electron chi connectivity index (χ0n) is 14.0. The molecule has 0 radical (unpaired) electrons. The molecule has 0 spiro atoms. The Labute approximate surface area is 129 Å². The molecule has 1 atom stereocenters. The van der Waals surface area contributed by atoms with Gasteiger partial charge in [0.15, 0.2) is 0 Å². The third kappa shape index (κ3) is 5.85. The van der Waals surface area contributed by atoms with Gasteiger partial charge >= 0.3 is 6.09 Å². The highest BCUT2D eigenvalue weighted by atomic mass is 16.6. The second-order valence-corrected chi connectivity index (χ2v) is 7.68. The number of rotatable bonds is 3. The number of carbonyl (C=O) groups is 1. The minimum absolute atomic E-state index is 0.160. The minimum atomic E-state index is -0.403. The van der Waals surface area contributed by atoms with Crippen LogP contribution < -0.4 is 5.32 Å². The molecule has 21 heavy (non-hydrogen) atoms. The lowest BCUT2D eigenvalue weighted by Gasteiger charge is -2.35. The fourth-order valence-corrected chi connectivity index (χ4v) is 3.36. The van der Waals surface area contributed by atoms with Crippen molar-refractivity contribution in [2.45, 2.75) is 77.4 Å². The number of likely N-dealkylation sites (tertiary alicyclic amines) is 1. The summed E-state index contributed by atoms with van der Waals surface area (Å²) in [5.41, 5.74) is -0.403. The van der Waals surface area contributed by atoms with E-state index < -0.39 is 5.60 Å². The van der Waals surface area contributed by atoms with Gasteiger partial charge in [0.05, 0.1) is 0 Å². The molecule has 4 nitrogen and oxygen atoms in total. The molecule has 0 aromatic rings. The van der Waals surface area contributed by atoms with Gasteiger partial charge in [0.2, 0.25) is 0 Å². The molecule has 1 aliphatic carbocycles. The van der Waals surface area contributed by atoms with E-state index in [0.717, 1.165) is 32.0 Å². The van der Waals surface area contributed by atoms with Crippen LogP contribution in [-0.2, 0) is 4.74 Å². The number of hydrogen-bond acceptors (Lipinski definition) is 3. The van der Waals surface area contributed by atoms with Gasteiger partial charge in [-0.05, 0) is 58.9 Å².